The molecule has 5 nitrogen and oxygen atoms in total. The van der Waals surface area contributed by atoms with Gasteiger partial charge in [0.1, 0.15) is 6.10 Å². The van der Waals surface area contributed by atoms with Crippen LogP contribution in [-0.4, -0.2) is 22.8 Å². The van der Waals surface area contributed by atoms with Gasteiger partial charge in [0.05, 0.1) is 23.3 Å². The van der Waals surface area contributed by atoms with Crippen molar-refractivity contribution in [1.29, 1.82) is 0 Å². The summed E-state index contributed by atoms with van der Waals surface area (Å²) in [6.07, 6.45) is 1.54. The smallest absolute Gasteiger partial charge is 0.314 e. The Bertz CT molecular complexity index is 1010. The summed E-state index contributed by atoms with van der Waals surface area (Å²) < 4.78 is 10.9. The first-order chi connectivity index (χ1) is 13.1. The maximum Gasteiger partial charge on any atom is 0.314 e. The Morgan fingerprint density at radius 3 is 2.11 bits per heavy atom. The van der Waals surface area contributed by atoms with Gasteiger partial charge < -0.3 is 14.4 Å². The molecular weight excluding hydrogens is 342 g/mol. The summed E-state index contributed by atoms with van der Waals surface area (Å²) in [5, 5.41) is 13.5. The number of hydrogen-bond acceptors (Lipinski definition) is 4. The molecule has 1 saturated heterocycles. The van der Waals surface area contributed by atoms with Crippen molar-refractivity contribution in [2.45, 2.75) is 31.3 Å². The van der Waals surface area contributed by atoms with Crippen molar-refractivity contribution in [3.8, 4) is 22.5 Å². The van der Waals surface area contributed by atoms with E-state index in [9.17, 15) is 9.90 Å². The largest absolute Gasteiger partial charge is 0.481 e. The van der Waals surface area contributed by atoms with Crippen LogP contribution in [0.4, 0.5) is 0 Å². The zero-order valence-electron chi connectivity index (χ0n) is 14.9. The summed E-state index contributed by atoms with van der Waals surface area (Å²) >= 11 is 0. The Hall–Kier alpha value is -2.92. The third kappa shape index (κ3) is 2.66. The molecule has 1 N–H and O–H groups in total. The Balaban J connectivity index is 1.42. The van der Waals surface area contributed by atoms with Crippen LogP contribution >= 0.6 is 0 Å². The van der Waals surface area contributed by atoms with Crippen molar-refractivity contribution in [1.82, 2.24) is 5.16 Å². The quantitative estimate of drug-likeness (QED) is 0.677. The molecule has 1 atom stereocenters. The second-order valence-electron chi connectivity index (χ2n) is 7.37. The van der Waals surface area contributed by atoms with Gasteiger partial charge in [-0.3, -0.25) is 4.79 Å². The van der Waals surface area contributed by atoms with E-state index in [1.807, 2.05) is 55.5 Å². The lowest BCUT2D eigenvalue weighted by Gasteiger charge is -2.11. The number of carbonyl (C=O) groups is 1. The number of aliphatic carboxylic acids is 1. The van der Waals surface area contributed by atoms with Gasteiger partial charge in [0, 0.05) is 5.56 Å². The first-order valence-electron chi connectivity index (χ1n) is 9.11. The van der Waals surface area contributed by atoms with E-state index >= 15 is 0 Å². The Labute approximate surface area is 156 Å². The van der Waals surface area contributed by atoms with Crippen molar-refractivity contribution in [2.75, 3.05) is 6.61 Å². The third-order valence-electron chi connectivity index (χ3n) is 5.64. The molecule has 5 heteroatoms. The summed E-state index contributed by atoms with van der Waals surface area (Å²) in [5.74, 6) is 0.0476. The van der Waals surface area contributed by atoms with Crippen LogP contribution in [0.3, 0.4) is 0 Å². The van der Waals surface area contributed by atoms with Crippen LogP contribution in [0.1, 0.15) is 35.8 Å². The van der Waals surface area contributed by atoms with Gasteiger partial charge in [0.25, 0.3) is 0 Å². The average Bonchev–Trinajstić information content (AvgIpc) is 3.60. The first kappa shape index (κ1) is 16.3. The summed E-state index contributed by atoms with van der Waals surface area (Å²) in [6, 6.07) is 16.0. The molecule has 0 radical (unpaired) electrons. The molecule has 2 aromatic carbocycles. The van der Waals surface area contributed by atoms with E-state index in [-0.39, 0.29) is 6.10 Å². The number of carboxylic acid groups (broad SMARTS) is 1. The highest BCUT2D eigenvalue weighted by Crippen LogP contribution is 2.48. The lowest BCUT2D eigenvalue weighted by molar-refractivity contribution is -0.140. The van der Waals surface area contributed by atoms with Crippen molar-refractivity contribution < 1.29 is 19.2 Å². The topological polar surface area (TPSA) is 75.9 Å². The van der Waals surface area contributed by atoms with Gasteiger partial charge >= 0.3 is 5.97 Å². The number of nitrogens with zero attached hydrogens (tertiary/aromatic N) is 1. The Morgan fingerprint density at radius 2 is 1.59 bits per heavy atom. The summed E-state index contributed by atoms with van der Waals surface area (Å²) in [5.41, 5.74) is 5.26. The van der Waals surface area contributed by atoms with E-state index in [0.717, 1.165) is 58.7 Å². The summed E-state index contributed by atoms with van der Waals surface area (Å²) in [4.78, 5) is 11.5. The van der Waals surface area contributed by atoms with E-state index in [1.54, 1.807) is 0 Å². The molecule has 136 valence electrons. The van der Waals surface area contributed by atoms with Crippen LogP contribution in [0, 0.1) is 6.92 Å². The van der Waals surface area contributed by atoms with E-state index in [1.165, 1.54) is 0 Å². The molecule has 1 aliphatic carbocycles. The maximum atomic E-state index is 11.5. The van der Waals surface area contributed by atoms with Crippen LogP contribution in [0.5, 0.6) is 0 Å². The molecular formula is C22H19NO4. The fraction of sp³-hybridized carbons (Fsp3) is 0.273. The van der Waals surface area contributed by atoms with Crippen molar-refractivity contribution in [3.05, 3.63) is 65.4 Å². The highest BCUT2D eigenvalue weighted by Gasteiger charge is 2.51. The molecule has 1 aliphatic heterocycles. The average molecular weight is 361 g/mol. The molecule has 1 aromatic heterocycles. The highest BCUT2D eigenvalue weighted by molar-refractivity contribution is 5.85. The highest BCUT2D eigenvalue weighted by atomic mass is 16.6. The van der Waals surface area contributed by atoms with Crippen molar-refractivity contribution in [3.63, 3.8) is 0 Å². The SMILES string of the molecule is Cc1noc(-c2ccc(-c3ccc(C4(C(=O)O)CC4)cc3)cc2)c1C1CO1. The second-order valence-corrected chi connectivity index (χ2v) is 7.37. The zero-order valence-corrected chi connectivity index (χ0v) is 14.9. The number of epoxide rings is 1. The van der Waals surface area contributed by atoms with E-state index in [0.29, 0.717) is 0 Å². The maximum absolute atomic E-state index is 11.5. The summed E-state index contributed by atoms with van der Waals surface area (Å²) in [6.45, 7) is 2.65. The number of hydrogen-bond donors (Lipinski definition) is 1. The minimum atomic E-state index is -0.725. The van der Waals surface area contributed by atoms with E-state index < -0.39 is 11.4 Å². The van der Waals surface area contributed by atoms with Gasteiger partial charge in [-0.25, -0.2) is 0 Å². The van der Waals surface area contributed by atoms with Crippen LogP contribution in [0.2, 0.25) is 0 Å². The van der Waals surface area contributed by atoms with Gasteiger partial charge in [-0.2, -0.15) is 0 Å². The molecule has 1 saturated carbocycles. The van der Waals surface area contributed by atoms with Crippen molar-refractivity contribution in [2.24, 2.45) is 0 Å². The minimum absolute atomic E-state index is 0.0995. The van der Waals surface area contributed by atoms with Gasteiger partial charge in [0.2, 0.25) is 0 Å². The third-order valence-corrected chi connectivity index (χ3v) is 5.64. The first-order valence-corrected chi connectivity index (χ1v) is 9.11. The monoisotopic (exact) mass is 361 g/mol. The molecule has 0 amide bonds. The van der Waals surface area contributed by atoms with Gasteiger partial charge in [-0.05, 0) is 36.5 Å². The predicted octanol–water partition coefficient (Wildman–Crippen LogP) is 4.50. The number of benzene rings is 2. The summed E-state index contributed by atoms with van der Waals surface area (Å²) in [7, 11) is 0. The molecule has 27 heavy (non-hydrogen) atoms. The molecule has 5 rings (SSSR count). The van der Waals surface area contributed by atoms with Gasteiger partial charge in [0.15, 0.2) is 5.76 Å². The number of aromatic nitrogens is 1. The predicted molar refractivity (Wildman–Crippen MR) is 99.4 cm³/mol. The van der Waals surface area contributed by atoms with Crippen molar-refractivity contribution >= 4 is 5.97 Å². The van der Waals surface area contributed by atoms with Crippen LogP contribution in [0.15, 0.2) is 53.1 Å². The number of ether oxygens (including phenoxy) is 1. The minimum Gasteiger partial charge on any atom is -0.481 e. The molecule has 0 bridgehead atoms. The fourth-order valence-electron chi connectivity index (χ4n) is 3.73. The van der Waals surface area contributed by atoms with Crippen LogP contribution < -0.4 is 0 Å². The molecule has 2 fully saturated rings. The van der Waals surface area contributed by atoms with E-state index in [4.69, 9.17) is 9.26 Å². The normalized spacial score (nSPS) is 19.7. The standard InChI is InChI=1S/C22H19NO4/c1-13-19(18-12-26-18)20(27-23-13)16-4-2-14(3-5-16)15-6-8-17(9-7-15)22(10-11-22)21(24)25/h2-9,18H,10-12H2,1H3,(H,24,25). The fourth-order valence-corrected chi connectivity index (χ4v) is 3.73. The number of rotatable bonds is 5. The zero-order chi connectivity index (χ0) is 18.6. The number of aryl methyl sites for hydroxylation is 1. The lowest BCUT2D eigenvalue weighted by atomic mass is 9.93. The Morgan fingerprint density at radius 1 is 1.04 bits per heavy atom. The lowest BCUT2D eigenvalue weighted by Crippen LogP contribution is -2.19. The van der Waals surface area contributed by atoms with Crippen LogP contribution in [-0.2, 0) is 14.9 Å². The second kappa shape index (κ2) is 5.79. The van der Waals surface area contributed by atoms with Crippen LogP contribution in [0.25, 0.3) is 22.5 Å². The Kier molecular flexibility index (Phi) is 3.49. The molecule has 1 unspecified atom stereocenters. The molecule has 2 heterocycles. The molecule has 0 spiro atoms. The molecule has 2 aliphatic rings. The number of carboxylic acids is 1. The van der Waals surface area contributed by atoms with E-state index in [2.05, 4.69) is 5.16 Å². The van der Waals surface area contributed by atoms with Gasteiger partial charge in [-0.1, -0.05) is 53.7 Å². The molecule has 3 aromatic rings. The van der Waals surface area contributed by atoms with Gasteiger partial charge in [-0.15, -0.1) is 0 Å².